The molecule has 0 aliphatic rings. The summed E-state index contributed by atoms with van der Waals surface area (Å²) in [7, 11) is -1.68. The minimum absolute atomic E-state index is 0.0729. The highest BCUT2D eigenvalue weighted by molar-refractivity contribution is 7.85. The van der Waals surface area contributed by atoms with Crippen LogP contribution >= 0.6 is 0 Å². The van der Waals surface area contributed by atoms with Crippen LogP contribution in [-0.2, 0) is 15.6 Å². The number of hydrogen-bond donors (Lipinski definition) is 0. The van der Waals surface area contributed by atoms with Crippen LogP contribution in [0.2, 0.25) is 0 Å². The van der Waals surface area contributed by atoms with Crippen LogP contribution in [-0.4, -0.2) is 21.9 Å². The molecule has 0 amide bonds. The van der Waals surface area contributed by atoms with Gasteiger partial charge in [0.05, 0.1) is 16.8 Å². The van der Waals surface area contributed by atoms with E-state index in [2.05, 4.69) is 0 Å². The van der Waals surface area contributed by atoms with Crippen molar-refractivity contribution >= 4 is 22.7 Å². The molecule has 0 saturated heterocycles. The maximum absolute atomic E-state index is 11.6. The summed E-state index contributed by atoms with van der Waals surface area (Å²) in [6.45, 7) is 0. The molecule has 0 aliphatic carbocycles. The van der Waals surface area contributed by atoms with E-state index in [1.54, 1.807) is 0 Å². The summed E-state index contributed by atoms with van der Waals surface area (Å²) in [5, 5.41) is 20.9. The molecule has 0 aliphatic heterocycles. The summed E-state index contributed by atoms with van der Waals surface area (Å²) >= 11 is 0. The smallest absolute Gasteiger partial charge is 0.0727 e. The van der Waals surface area contributed by atoms with E-state index in [0.29, 0.717) is 0 Å². The first-order chi connectivity index (χ1) is 7.52. The summed E-state index contributed by atoms with van der Waals surface area (Å²) in [6.07, 6.45) is -0.381. The van der Waals surface area contributed by atoms with Crippen LogP contribution < -0.4 is 10.2 Å². The number of carbonyl (C=O) groups excluding carboxylic acids is 2. The molecule has 0 heterocycles. The van der Waals surface area contributed by atoms with Gasteiger partial charge < -0.3 is 19.8 Å². The Balaban J connectivity index is 2.90. The quantitative estimate of drug-likeness (QED) is 0.611. The second-order valence-electron chi connectivity index (χ2n) is 2.96. The topological polar surface area (TPSA) is 97.3 Å². The van der Waals surface area contributed by atoms with Crippen molar-refractivity contribution in [2.45, 2.75) is 11.3 Å². The fourth-order valence-electron chi connectivity index (χ4n) is 1.12. The van der Waals surface area contributed by atoms with Gasteiger partial charge >= 0.3 is 0 Å². The molecular formula is C10H8O5S-2. The van der Waals surface area contributed by atoms with Crippen molar-refractivity contribution in [3.63, 3.8) is 0 Å². The van der Waals surface area contributed by atoms with Crippen LogP contribution in [0.3, 0.4) is 0 Å². The van der Waals surface area contributed by atoms with E-state index in [1.165, 1.54) is 24.3 Å². The first-order valence-corrected chi connectivity index (χ1v) is 5.73. The second-order valence-corrected chi connectivity index (χ2v) is 4.49. The third kappa shape index (κ3) is 3.16. The minimum atomic E-state index is -1.68. The molecule has 1 aromatic rings. The lowest BCUT2D eigenvalue weighted by molar-refractivity contribution is -0.305. The zero-order valence-electron chi connectivity index (χ0n) is 8.17. The zero-order chi connectivity index (χ0) is 12.1. The Labute approximate surface area is 94.2 Å². The molecule has 1 rings (SSSR count). The lowest BCUT2D eigenvalue weighted by Gasteiger charge is -2.09. The number of benzene rings is 1. The van der Waals surface area contributed by atoms with Gasteiger partial charge in [0, 0.05) is 22.2 Å². The minimum Gasteiger partial charge on any atom is -0.550 e. The molecule has 0 saturated carbocycles. The number of aromatic carboxylic acids is 1. The Morgan fingerprint density at radius 2 is 1.81 bits per heavy atom. The third-order valence-electron chi connectivity index (χ3n) is 1.84. The molecule has 86 valence electrons. The molecule has 1 atom stereocenters. The number of carbonyl (C=O) groups is 2. The number of aliphatic carboxylic acids is 1. The predicted molar refractivity (Wildman–Crippen MR) is 51.7 cm³/mol. The predicted octanol–water partition coefficient (Wildman–Crippen LogP) is -1.70. The molecule has 0 spiro atoms. The molecule has 0 bridgehead atoms. The van der Waals surface area contributed by atoms with Crippen molar-refractivity contribution in [1.29, 1.82) is 0 Å². The fraction of sp³-hybridized carbons (Fsp3) is 0.200. The van der Waals surface area contributed by atoms with E-state index >= 15 is 0 Å². The van der Waals surface area contributed by atoms with E-state index in [1.807, 2.05) is 0 Å². The van der Waals surface area contributed by atoms with Gasteiger partial charge in [-0.15, -0.1) is 0 Å². The molecule has 0 radical (unpaired) electrons. The molecule has 5 nitrogen and oxygen atoms in total. The Bertz CT molecular complexity index is 441. The monoisotopic (exact) mass is 240 g/mol. The molecule has 0 N–H and O–H groups in total. The van der Waals surface area contributed by atoms with Gasteiger partial charge in [0.15, 0.2) is 0 Å². The second kappa shape index (κ2) is 5.41. The van der Waals surface area contributed by atoms with Gasteiger partial charge in [0.2, 0.25) is 0 Å². The van der Waals surface area contributed by atoms with Gasteiger partial charge in [-0.1, -0.05) is 18.2 Å². The van der Waals surface area contributed by atoms with Gasteiger partial charge in [0.25, 0.3) is 0 Å². The van der Waals surface area contributed by atoms with Crippen molar-refractivity contribution < 1.29 is 24.0 Å². The third-order valence-corrected chi connectivity index (χ3v) is 3.27. The molecule has 1 aromatic carbocycles. The highest BCUT2D eigenvalue weighted by atomic mass is 32.2. The van der Waals surface area contributed by atoms with E-state index < -0.39 is 22.7 Å². The van der Waals surface area contributed by atoms with Crippen LogP contribution in [0.1, 0.15) is 16.8 Å². The highest BCUT2D eigenvalue weighted by Crippen LogP contribution is 2.13. The molecule has 1 unspecified atom stereocenters. The highest BCUT2D eigenvalue weighted by Gasteiger charge is 2.09. The number of carboxylic acids is 2. The number of rotatable bonds is 5. The van der Waals surface area contributed by atoms with E-state index in [9.17, 15) is 24.0 Å². The van der Waals surface area contributed by atoms with Gasteiger partial charge in [0.1, 0.15) is 0 Å². The molecule has 0 aromatic heterocycles. The Morgan fingerprint density at radius 1 is 1.19 bits per heavy atom. The van der Waals surface area contributed by atoms with Crippen LogP contribution in [0.25, 0.3) is 0 Å². The van der Waals surface area contributed by atoms with Gasteiger partial charge in [-0.3, -0.25) is 4.21 Å². The fourth-order valence-corrected chi connectivity index (χ4v) is 2.32. The summed E-state index contributed by atoms with van der Waals surface area (Å²) in [5.74, 6) is -2.93. The summed E-state index contributed by atoms with van der Waals surface area (Å²) in [5.41, 5.74) is -0.181. The van der Waals surface area contributed by atoms with Crippen molar-refractivity contribution in [3.05, 3.63) is 29.8 Å². The van der Waals surface area contributed by atoms with Crippen LogP contribution in [0.15, 0.2) is 29.2 Å². The molecule has 0 fully saturated rings. The lowest BCUT2D eigenvalue weighted by atomic mass is 10.2. The SMILES string of the molecule is O=C([O-])CCS(=O)c1ccccc1C(=O)[O-]. The van der Waals surface area contributed by atoms with E-state index in [-0.39, 0.29) is 22.6 Å². The maximum atomic E-state index is 11.6. The van der Waals surface area contributed by atoms with Crippen molar-refractivity contribution in [3.8, 4) is 0 Å². The standard InChI is InChI=1S/C10H10O5S/c11-9(12)5-6-16(15)8-4-2-1-3-7(8)10(13)14/h1-4H,5-6H2,(H,11,12)(H,13,14)/p-2. The number of hydrogen-bond acceptors (Lipinski definition) is 5. The van der Waals surface area contributed by atoms with Crippen LogP contribution in [0, 0.1) is 0 Å². The Kier molecular flexibility index (Phi) is 4.19. The summed E-state index contributed by atoms with van der Waals surface area (Å²) in [4.78, 5) is 20.9. The zero-order valence-corrected chi connectivity index (χ0v) is 8.99. The normalized spacial score (nSPS) is 12.0. The van der Waals surface area contributed by atoms with Crippen LogP contribution in [0.5, 0.6) is 0 Å². The van der Waals surface area contributed by atoms with Gasteiger partial charge in [-0.05, 0) is 12.5 Å². The van der Waals surface area contributed by atoms with Crippen molar-refractivity contribution in [2.24, 2.45) is 0 Å². The average molecular weight is 240 g/mol. The number of carboxylic acid groups (broad SMARTS) is 2. The molecular weight excluding hydrogens is 232 g/mol. The van der Waals surface area contributed by atoms with E-state index in [4.69, 9.17) is 0 Å². The largest absolute Gasteiger partial charge is 0.550 e. The Hall–Kier alpha value is -1.69. The first kappa shape index (κ1) is 12.4. The molecule has 6 heteroatoms. The molecule has 16 heavy (non-hydrogen) atoms. The average Bonchev–Trinajstić information content (AvgIpc) is 2.25. The van der Waals surface area contributed by atoms with Crippen LogP contribution in [0.4, 0.5) is 0 Å². The van der Waals surface area contributed by atoms with Gasteiger partial charge in [-0.2, -0.15) is 0 Å². The Morgan fingerprint density at radius 3 is 2.38 bits per heavy atom. The summed E-state index contributed by atoms with van der Waals surface area (Å²) in [6, 6.07) is 5.64. The van der Waals surface area contributed by atoms with Crippen molar-refractivity contribution in [2.75, 3.05) is 5.75 Å². The maximum Gasteiger partial charge on any atom is 0.0727 e. The van der Waals surface area contributed by atoms with Gasteiger partial charge in [-0.25, -0.2) is 0 Å². The lowest BCUT2D eigenvalue weighted by Crippen LogP contribution is -2.26. The van der Waals surface area contributed by atoms with Crippen molar-refractivity contribution in [1.82, 2.24) is 0 Å². The van der Waals surface area contributed by atoms with E-state index in [0.717, 1.165) is 0 Å². The first-order valence-electron chi connectivity index (χ1n) is 4.41. The summed E-state index contributed by atoms with van der Waals surface area (Å²) < 4.78 is 11.6.